The minimum atomic E-state index is 0.402. The van der Waals surface area contributed by atoms with Crippen LogP contribution < -0.4 is 5.32 Å². The number of nitrogens with one attached hydrogen (secondary N) is 1. The molecule has 84 valence electrons. The molecule has 1 fully saturated rings. The summed E-state index contributed by atoms with van der Waals surface area (Å²) >= 11 is 0. The summed E-state index contributed by atoms with van der Waals surface area (Å²) in [4.78, 5) is 0. The number of hydrogen-bond donors (Lipinski definition) is 1. The van der Waals surface area contributed by atoms with Crippen LogP contribution in [0, 0.1) is 5.92 Å². The van der Waals surface area contributed by atoms with Crippen LogP contribution in [0.5, 0.6) is 0 Å². The molecule has 0 amide bonds. The van der Waals surface area contributed by atoms with Crippen molar-refractivity contribution in [3.05, 3.63) is 24.2 Å². The molecule has 1 saturated carbocycles. The molecule has 1 aromatic heterocycles. The third kappa shape index (κ3) is 2.85. The van der Waals surface area contributed by atoms with Gasteiger partial charge >= 0.3 is 0 Å². The second-order valence-corrected chi connectivity index (χ2v) is 4.88. The van der Waals surface area contributed by atoms with Gasteiger partial charge in [-0.25, -0.2) is 0 Å². The Hall–Kier alpha value is -0.760. The van der Waals surface area contributed by atoms with Crippen molar-refractivity contribution in [2.45, 2.75) is 51.6 Å². The molecule has 0 bridgehead atoms. The van der Waals surface area contributed by atoms with E-state index in [1.165, 1.54) is 31.2 Å². The Morgan fingerprint density at radius 3 is 2.80 bits per heavy atom. The minimum absolute atomic E-state index is 0.402. The molecule has 1 N–H and O–H groups in total. The van der Waals surface area contributed by atoms with Gasteiger partial charge in [-0.2, -0.15) is 0 Å². The molecule has 2 atom stereocenters. The van der Waals surface area contributed by atoms with Crippen molar-refractivity contribution in [3.8, 4) is 0 Å². The van der Waals surface area contributed by atoms with Gasteiger partial charge in [0, 0.05) is 17.6 Å². The van der Waals surface area contributed by atoms with Crippen molar-refractivity contribution in [2.75, 3.05) is 0 Å². The molecule has 1 heterocycles. The van der Waals surface area contributed by atoms with Crippen molar-refractivity contribution in [3.63, 3.8) is 0 Å². The average molecular weight is 207 g/mol. The van der Waals surface area contributed by atoms with Crippen LogP contribution in [0.2, 0.25) is 0 Å². The van der Waals surface area contributed by atoms with Gasteiger partial charge in [-0.15, -0.1) is 0 Å². The lowest BCUT2D eigenvalue weighted by molar-refractivity contribution is 0.259. The SMILES string of the molecule is CC(CC1CCC1)NC(C)c1ccoc1. The van der Waals surface area contributed by atoms with Crippen LogP contribution in [0.1, 0.15) is 51.1 Å². The van der Waals surface area contributed by atoms with Gasteiger partial charge in [-0.05, 0) is 32.3 Å². The van der Waals surface area contributed by atoms with Crippen LogP contribution in [0.25, 0.3) is 0 Å². The summed E-state index contributed by atoms with van der Waals surface area (Å²) < 4.78 is 5.09. The van der Waals surface area contributed by atoms with Gasteiger partial charge in [0.1, 0.15) is 0 Å². The first-order chi connectivity index (χ1) is 7.25. The zero-order chi connectivity index (χ0) is 10.7. The fourth-order valence-electron chi connectivity index (χ4n) is 2.34. The number of furan rings is 1. The molecule has 1 aliphatic rings. The van der Waals surface area contributed by atoms with E-state index >= 15 is 0 Å². The van der Waals surface area contributed by atoms with Gasteiger partial charge in [0.25, 0.3) is 0 Å². The average Bonchev–Trinajstić information content (AvgIpc) is 2.64. The van der Waals surface area contributed by atoms with Gasteiger partial charge in [0.05, 0.1) is 12.5 Å². The summed E-state index contributed by atoms with van der Waals surface area (Å²) in [6.07, 6.45) is 9.20. The van der Waals surface area contributed by atoms with E-state index in [9.17, 15) is 0 Å². The highest BCUT2D eigenvalue weighted by Crippen LogP contribution is 2.30. The molecule has 1 aliphatic carbocycles. The first-order valence-electron chi connectivity index (χ1n) is 6.04. The molecular weight excluding hydrogens is 186 g/mol. The molecule has 2 unspecified atom stereocenters. The highest BCUT2D eigenvalue weighted by Gasteiger charge is 2.20. The molecule has 1 aromatic rings. The highest BCUT2D eigenvalue weighted by molar-refractivity contribution is 5.10. The molecular formula is C13H21NO. The summed E-state index contributed by atoms with van der Waals surface area (Å²) in [5.74, 6) is 0.976. The lowest BCUT2D eigenvalue weighted by Crippen LogP contribution is -2.32. The zero-order valence-electron chi connectivity index (χ0n) is 9.70. The monoisotopic (exact) mass is 207 g/mol. The second-order valence-electron chi connectivity index (χ2n) is 4.88. The molecule has 0 saturated heterocycles. The second kappa shape index (κ2) is 4.84. The molecule has 15 heavy (non-hydrogen) atoms. The van der Waals surface area contributed by atoms with Crippen LogP contribution in [0.3, 0.4) is 0 Å². The van der Waals surface area contributed by atoms with E-state index in [0.29, 0.717) is 12.1 Å². The predicted molar refractivity (Wildman–Crippen MR) is 61.7 cm³/mol. The van der Waals surface area contributed by atoms with E-state index in [-0.39, 0.29) is 0 Å². The van der Waals surface area contributed by atoms with Gasteiger partial charge in [-0.1, -0.05) is 19.3 Å². The lowest BCUT2D eigenvalue weighted by Gasteiger charge is -2.29. The number of hydrogen-bond acceptors (Lipinski definition) is 2. The number of rotatable bonds is 5. The van der Waals surface area contributed by atoms with Gasteiger partial charge in [0.15, 0.2) is 0 Å². The smallest absolute Gasteiger partial charge is 0.0950 e. The van der Waals surface area contributed by atoms with Gasteiger partial charge in [0.2, 0.25) is 0 Å². The Kier molecular flexibility index (Phi) is 3.47. The Labute approximate surface area is 92.1 Å². The van der Waals surface area contributed by atoms with Crippen LogP contribution in [-0.4, -0.2) is 6.04 Å². The maximum atomic E-state index is 5.09. The van der Waals surface area contributed by atoms with E-state index in [4.69, 9.17) is 4.42 Å². The van der Waals surface area contributed by atoms with Gasteiger partial charge < -0.3 is 9.73 Å². The molecule has 2 heteroatoms. The van der Waals surface area contributed by atoms with Gasteiger partial charge in [-0.3, -0.25) is 0 Å². The predicted octanol–water partition coefficient (Wildman–Crippen LogP) is 3.51. The summed E-state index contributed by atoms with van der Waals surface area (Å²) in [5.41, 5.74) is 1.25. The fourth-order valence-corrected chi connectivity index (χ4v) is 2.34. The fraction of sp³-hybridized carbons (Fsp3) is 0.692. The minimum Gasteiger partial charge on any atom is -0.472 e. The van der Waals surface area contributed by atoms with E-state index in [1.807, 2.05) is 12.3 Å². The Balaban J connectivity index is 1.75. The maximum absolute atomic E-state index is 5.09. The molecule has 0 radical (unpaired) electrons. The van der Waals surface area contributed by atoms with Crippen LogP contribution in [0.15, 0.2) is 23.0 Å². The molecule has 0 aliphatic heterocycles. The van der Waals surface area contributed by atoms with E-state index in [2.05, 4.69) is 19.2 Å². The van der Waals surface area contributed by atoms with Crippen molar-refractivity contribution < 1.29 is 4.42 Å². The summed E-state index contributed by atoms with van der Waals surface area (Å²) in [6.45, 7) is 4.48. The summed E-state index contributed by atoms with van der Waals surface area (Å²) in [5, 5.41) is 3.62. The molecule has 0 spiro atoms. The molecule has 0 aromatic carbocycles. The Morgan fingerprint density at radius 2 is 2.27 bits per heavy atom. The first kappa shape index (κ1) is 10.7. The zero-order valence-corrected chi connectivity index (χ0v) is 9.70. The van der Waals surface area contributed by atoms with Crippen molar-refractivity contribution in [1.29, 1.82) is 0 Å². The van der Waals surface area contributed by atoms with Crippen LogP contribution in [0.4, 0.5) is 0 Å². The van der Waals surface area contributed by atoms with Crippen molar-refractivity contribution in [2.24, 2.45) is 5.92 Å². The summed E-state index contributed by atoms with van der Waals surface area (Å²) in [7, 11) is 0. The Morgan fingerprint density at radius 1 is 1.47 bits per heavy atom. The van der Waals surface area contributed by atoms with E-state index in [0.717, 1.165) is 5.92 Å². The first-order valence-corrected chi connectivity index (χ1v) is 6.04. The van der Waals surface area contributed by atoms with Crippen LogP contribution in [-0.2, 0) is 0 Å². The van der Waals surface area contributed by atoms with Crippen LogP contribution >= 0.6 is 0 Å². The molecule has 2 rings (SSSR count). The topological polar surface area (TPSA) is 25.2 Å². The lowest BCUT2D eigenvalue weighted by atomic mass is 9.81. The van der Waals surface area contributed by atoms with Crippen molar-refractivity contribution in [1.82, 2.24) is 5.32 Å². The maximum Gasteiger partial charge on any atom is 0.0950 e. The Bertz CT molecular complexity index is 277. The third-order valence-electron chi connectivity index (χ3n) is 3.49. The summed E-state index contributed by atoms with van der Waals surface area (Å²) in [6, 6.07) is 3.05. The van der Waals surface area contributed by atoms with Crippen molar-refractivity contribution >= 4 is 0 Å². The third-order valence-corrected chi connectivity index (χ3v) is 3.49. The molecule has 2 nitrogen and oxygen atoms in total. The standard InChI is InChI=1S/C13H21NO/c1-10(8-12-4-3-5-12)14-11(2)13-6-7-15-9-13/h6-7,9-12,14H,3-5,8H2,1-2H3. The van der Waals surface area contributed by atoms with E-state index in [1.54, 1.807) is 6.26 Å². The van der Waals surface area contributed by atoms with E-state index < -0.39 is 0 Å². The largest absolute Gasteiger partial charge is 0.472 e. The highest BCUT2D eigenvalue weighted by atomic mass is 16.3. The normalized spacial score (nSPS) is 20.9. The quantitative estimate of drug-likeness (QED) is 0.799.